The van der Waals surface area contributed by atoms with E-state index in [9.17, 15) is 22.4 Å². The quantitative estimate of drug-likeness (QED) is 0.774. The Labute approximate surface area is 161 Å². The molecule has 1 aliphatic heterocycles. The third-order valence-electron chi connectivity index (χ3n) is 4.28. The largest absolute Gasteiger partial charge is 0.318 e. The monoisotopic (exact) mass is 403 g/mol. The van der Waals surface area contributed by atoms with Crippen molar-refractivity contribution in [1.29, 1.82) is 0 Å². The van der Waals surface area contributed by atoms with E-state index in [1.165, 1.54) is 11.9 Å². The smallest absolute Gasteiger partial charge is 0.272 e. The molecular weight excluding hydrogens is 385 g/mol. The van der Waals surface area contributed by atoms with Gasteiger partial charge in [0.05, 0.1) is 16.3 Å². The van der Waals surface area contributed by atoms with Crippen LogP contribution in [0, 0.1) is 5.82 Å². The number of nitrogens with zero attached hydrogens (tertiary/aromatic N) is 2. The van der Waals surface area contributed by atoms with Gasteiger partial charge in [-0.05, 0) is 37.3 Å². The average Bonchev–Trinajstić information content (AvgIpc) is 3.09. The van der Waals surface area contributed by atoms with Crippen molar-refractivity contribution in [3.8, 4) is 0 Å². The lowest BCUT2D eigenvalue weighted by Crippen LogP contribution is -2.33. The Bertz CT molecular complexity index is 1070. The molecule has 1 amide bonds. The SMILES string of the molecule is CC(=O)C1CC(C(=O)Nc2cc(S(C)(=O)=O)ccc2F)=NN1c1ccccc1. The molecule has 1 N–H and O–H groups in total. The van der Waals surface area contributed by atoms with Crippen LogP contribution in [0.15, 0.2) is 58.5 Å². The molecule has 3 rings (SSSR count). The maximum Gasteiger partial charge on any atom is 0.272 e. The van der Waals surface area contributed by atoms with Crippen molar-refractivity contribution in [3.05, 3.63) is 54.3 Å². The van der Waals surface area contributed by atoms with Gasteiger partial charge < -0.3 is 5.32 Å². The first-order chi connectivity index (χ1) is 13.2. The minimum Gasteiger partial charge on any atom is -0.318 e. The lowest BCUT2D eigenvalue weighted by molar-refractivity contribution is -0.118. The van der Waals surface area contributed by atoms with E-state index in [-0.39, 0.29) is 28.5 Å². The first-order valence-electron chi connectivity index (χ1n) is 8.40. The van der Waals surface area contributed by atoms with Crippen molar-refractivity contribution < 1.29 is 22.4 Å². The Morgan fingerprint density at radius 2 is 1.86 bits per heavy atom. The molecule has 146 valence electrons. The average molecular weight is 403 g/mol. The van der Waals surface area contributed by atoms with Crippen LogP contribution in [0.1, 0.15) is 13.3 Å². The van der Waals surface area contributed by atoms with Gasteiger partial charge in [0.1, 0.15) is 17.6 Å². The van der Waals surface area contributed by atoms with E-state index in [4.69, 9.17) is 0 Å². The Kier molecular flexibility index (Phi) is 5.28. The number of carbonyl (C=O) groups is 2. The summed E-state index contributed by atoms with van der Waals surface area (Å²) in [5.74, 6) is -1.64. The molecule has 1 atom stereocenters. The summed E-state index contributed by atoms with van der Waals surface area (Å²) >= 11 is 0. The Balaban J connectivity index is 1.88. The molecule has 0 aromatic heterocycles. The van der Waals surface area contributed by atoms with Gasteiger partial charge in [-0.15, -0.1) is 0 Å². The number of hydrazone groups is 1. The fraction of sp³-hybridized carbons (Fsp3) is 0.211. The first kappa shape index (κ1) is 19.7. The summed E-state index contributed by atoms with van der Waals surface area (Å²) in [6, 6.07) is 11.4. The molecule has 0 bridgehead atoms. The standard InChI is InChI=1S/C19H18FN3O4S/c1-12(24)18-11-17(22-23(18)13-6-4-3-5-7-13)19(25)21-16-10-14(28(2,26)27)8-9-15(16)20/h3-10,18H,11H2,1-2H3,(H,21,25). The Morgan fingerprint density at radius 3 is 2.46 bits per heavy atom. The Hall–Kier alpha value is -3.07. The number of carbonyl (C=O) groups excluding carboxylic acids is 2. The van der Waals surface area contributed by atoms with Crippen molar-refractivity contribution in [3.63, 3.8) is 0 Å². The van der Waals surface area contributed by atoms with Crippen molar-refractivity contribution in [1.82, 2.24) is 0 Å². The highest BCUT2D eigenvalue weighted by Crippen LogP contribution is 2.26. The number of ketones is 1. The van der Waals surface area contributed by atoms with Crippen molar-refractivity contribution in [2.24, 2.45) is 5.10 Å². The van der Waals surface area contributed by atoms with E-state index in [2.05, 4.69) is 10.4 Å². The summed E-state index contributed by atoms with van der Waals surface area (Å²) in [4.78, 5) is 24.4. The van der Waals surface area contributed by atoms with Crippen LogP contribution in [-0.2, 0) is 19.4 Å². The third kappa shape index (κ3) is 4.09. The number of halogens is 1. The van der Waals surface area contributed by atoms with Crippen LogP contribution in [-0.4, -0.2) is 38.1 Å². The zero-order chi connectivity index (χ0) is 20.5. The van der Waals surface area contributed by atoms with Crippen molar-refractivity contribution in [2.75, 3.05) is 16.6 Å². The second kappa shape index (κ2) is 7.51. The molecule has 0 saturated carbocycles. The molecule has 1 unspecified atom stereocenters. The minimum atomic E-state index is -3.56. The van der Waals surface area contributed by atoms with Crippen LogP contribution < -0.4 is 10.3 Å². The lowest BCUT2D eigenvalue weighted by Gasteiger charge is -2.20. The first-order valence-corrected chi connectivity index (χ1v) is 10.3. The van der Waals surface area contributed by atoms with E-state index < -0.39 is 27.6 Å². The molecule has 0 aliphatic carbocycles. The summed E-state index contributed by atoms with van der Waals surface area (Å²) in [6.45, 7) is 1.41. The minimum absolute atomic E-state index is 0.0493. The summed E-state index contributed by atoms with van der Waals surface area (Å²) in [5, 5.41) is 8.04. The van der Waals surface area contributed by atoms with Gasteiger partial charge in [-0.1, -0.05) is 18.2 Å². The van der Waals surface area contributed by atoms with Crippen LogP contribution in [0.3, 0.4) is 0 Å². The van der Waals surface area contributed by atoms with Crippen LogP contribution >= 0.6 is 0 Å². The summed E-state index contributed by atoms with van der Waals surface area (Å²) in [7, 11) is -3.56. The number of sulfone groups is 1. The maximum absolute atomic E-state index is 14.0. The molecule has 28 heavy (non-hydrogen) atoms. The Morgan fingerprint density at radius 1 is 1.18 bits per heavy atom. The second-order valence-electron chi connectivity index (χ2n) is 6.43. The number of Topliss-reactive ketones (excluding diaryl/α,β-unsaturated/α-hetero) is 1. The summed E-state index contributed by atoms with van der Waals surface area (Å²) < 4.78 is 37.3. The van der Waals surface area contributed by atoms with Gasteiger partial charge in [-0.2, -0.15) is 5.10 Å². The van der Waals surface area contributed by atoms with Crippen LogP contribution in [0.25, 0.3) is 0 Å². The molecule has 0 fully saturated rings. The summed E-state index contributed by atoms with van der Waals surface area (Å²) in [6.07, 6.45) is 1.05. The molecule has 1 aliphatic rings. The molecule has 0 spiro atoms. The van der Waals surface area contributed by atoms with E-state index in [1.807, 2.05) is 6.07 Å². The van der Waals surface area contributed by atoms with E-state index in [1.54, 1.807) is 24.3 Å². The van der Waals surface area contributed by atoms with Gasteiger partial charge in [0.25, 0.3) is 5.91 Å². The molecule has 0 saturated heterocycles. The molecular formula is C19H18FN3O4S. The zero-order valence-electron chi connectivity index (χ0n) is 15.2. The third-order valence-corrected chi connectivity index (χ3v) is 5.39. The molecule has 7 nitrogen and oxygen atoms in total. The molecule has 2 aromatic carbocycles. The molecule has 0 radical (unpaired) electrons. The fourth-order valence-electron chi connectivity index (χ4n) is 2.81. The van der Waals surface area contributed by atoms with E-state index in [0.717, 1.165) is 24.5 Å². The summed E-state index contributed by atoms with van der Waals surface area (Å²) in [5.41, 5.74) is 0.428. The zero-order valence-corrected chi connectivity index (χ0v) is 16.0. The second-order valence-corrected chi connectivity index (χ2v) is 8.44. The fourth-order valence-corrected chi connectivity index (χ4v) is 3.46. The van der Waals surface area contributed by atoms with Crippen LogP contribution in [0.4, 0.5) is 15.8 Å². The molecule has 1 heterocycles. The lowest BCUT2D eigenvalue weighted by atomic mass is 10.1. The predicted molar refractivity (Wildman–Crippen MR) is 104 cm³/mol. The van der Waals surface area contributed by atoms with E-state index in [0.29, 0.717) is 5.69 Å². The highest BCUT2D eigenvalue weighted by Gasteiger charge is 2.34. The highest BCUT2D eigenvalue weighted by atomic mass is 32.2. The van der Waals surface area contributed by atoms with Crippen molar-refractivity contribution >= 4 is 38.6 Å². The number of para-hydroxylation sites is 1. The number of nitrogens with one attached hydrogen (secondary N) is 1. The number of rotatable bonds is 5. The van der Waals surface area contributed by atoms with Gasteiger partial charge in [-0.25, -0.2) is 12.8 Å². The number of benzene rings is 2. The van der Waals surface area contributed by atoms with Crippen LogP contribution in [0.2, 0.25) is 0 Å². The van der Waals surface area contributed by atoms with Gasteiger partial charge in [0, 0.05) is 12.7 Å². The van der Waals surface area contributed by atoms with E-state index >= 15 is 0 Å². The molecule has 9 heteroatoms. The number of anilines is 2. The van der Waals surface area contributed by atoms with Gasteiger partial charge in [-0.3, -0.25) is 14.6 Å². The van der Waals surface area contributed by atoms with Gasteiger partial charge in [0.15, 0.2) is 15.6 Å². The number of amides is 1. The van der Waals surface area contributed by atoms with Gasteiger partial charge in [0.2, 0.25) is 0 Å². The maximum atomic E-state index is 14.0. The normalized spacial score (nSPS) is 16.6. The highest BCUT2D eigenvalue weighted by molar-refractivity contribution is 7.90. The number of hydrogen-bond donors (Lipinski definition) is 1. The predicted octanol–water partition coefficient (Wildman–Crippen LogP) is 2.39. The van der Waals surface area contributed by atoms with Crippen LogP contribution in [0.5, 0.6) is 0 Å². The molecule has 2 aromatic rings. The number of hydrogen-bond acceptors (Lipinski definition) is 6. The van der Waals surface area contributed by atoms with Crippen molar-refractivity contribution in [2.45, 2.75) is 24.3 Å². The topological polar surface area (TPSA) is 95.9 Å². The van der Waals surface area contributed by atoms with Gasteiger partial charge >= 0.3 is 0 Å².